The zero-order valence-corrected chi connectivity index (χ0v) is 18.6. The molecule has 0 N–H and O–H groups in total. The first kappa shape index (κ1) is 20.3. The third-order valence-electron chi connectivity index (χ3n) is 5.77. The lowest BCUT2D eigenvalue weighted by Crippen LogP contribution is -2.20. The molecule has 1 fully saturated rings. The number of benzene rings is 1. The molecule has 0 aliphatic carbocycles. The number of anilines is 1. The summed E-state index contributed by atoms with van der Waals surface area (Å²) in [5.41, 5.74) is 6.79. The lowest BCUT2D eigenvalue weighted by Gasteiger charge is -2.17. The molecule has 0 atom stereocenters. The van der Waals surface area contributed by atoms with Crippen LogP contribution < -0.4 is 4.90 Å². The van der Waals surface area contributed by atoms with Gasteiger partial charge in [-0.15, -0.1) is 5.10 Å². The molecule has 0 radical (unpaired) electrons. The minimum absolute atomic E-state index is 0.579. The monoisotopic (exact) mass is 425 g/mol. The molecule has 162 valence electrons. The Hall–Kier alpha value is -3.61. The van der Waals surface area contributed by atoms with Crippen molar-refractivity contribution in [1.82, 2.24) is 29.9 Å². The van der Waals surface area contributed by atoms with Crippen LogP contribution in [0, 0.1) is 6.92 Å². The maximum Gasteiger partial charge on any atom is 0.226 e. The molecule has 7 heteroatoms. The van der Waals surface area contributed by atoms with E-state index in [-0.39, 0.29) is 0 Å². The number of hydrogen-bond acceptors (Lipinski definition) is 6. The zero-order chi connectivity index (χ0) is 21.9. The van der Waals surface area contributed by atoms with Crippen LogP contribution in [0.4, 0.5) is 5.95 Å². The van der Waals surface area contributed by atoms with Crippen LogP contribution in [0.5, 0.6) is 0 Å². The van der Waals surface area contributed by atoms with Gasteiger partial charge in [0, 0.05) is 24.3 Å². The van der Waals surface area contributed by atoms with Gasteiger partial charge < -0.3 is 4.90 Å². The van der Waals surface area contributed by atoms with Crippen molar-refractivity contribution in [3.05, 3.63) is 71.7 Å². The molecule has 0 amide bonds. The first-order valence-electron chi connectivity index (χ1n) is 11.2. The average Bonchev–Trinajstić information content (AvgIpc) is 3.52. The van der Waals surface area contributed by atoms with Crippen LogP contribution >= 0.6 is 0 Å². The van der Waals surface area contributed by atoms with Crippen LogP contribution in [0.1, 0.15) is 36.7 Å². The number of aromatic nitrogens is 6. The van der Waals surface area contributed by atoms with Crippen molar-refractivity contribution in [2.45, 2.75) is 39.7 Å². The molecular formula is C25H27N7. The Kier molecular flexibility index (Phi) is 5.62. The Bertz CT molecular complexity index is 1220. The molecule has 32 heavy (non-hydrogen) atoms. The van der Waals surface area contributed by atoms with E-state index in [1.165, 1.54) is 18.4 Å². The standard InChI is InChI=1S/C25H27N7/c1-3-20-10-7-11-21(26-20)16-32-17-24(29-30-32)23-15-22(19-9-6-8-18(2)14-19)27-25(28-23)31-12-4-5-13-31/h6-11,14-15,17H,3-5,12-13,16H2,1-2H3. The van der Waals surface area contributed by atoms with Gasteiger partial charge in [-0.1, -0.05) is 42.0 Å². The van der Waals surface area contributed by atoms with Gasteiger partial charge in [-0.3, -0.25) is 4.98 Å². The second-order valence-corrected chi connectivity index (χ2v) is 8.28. The van der Waals surface area contributed by atoms with Gasteiger partial charge in [-0.25, -0.2) is 14.6 Å². The molecule has 5 rings (SSSR count). The summed E-state index contributed by atoms with van der Waals surface area (Å²) < 4.78 is 1.82. The Balaban J connectivity index is 1.49. The van der Waals surface area contributed by atoms with Gasteiger partial charge in [-0.2, -0.15) is 0 Å². The highest BCUT2D eigenvalue weighted by Crippen LogP contribution is 2.27. The first-order valence-corrected chi connectivity index (χ1v) is 11.2. The van der Waals surface area contributed by atoms with E-state index in [0.29, 0.717) is 6.54 Å². The minimum atomic E-state index is 0.579. The topological polar surface area (TPSA) is 72.6 Å². The summed E-state index contributed by atoms with van der Waals surface area (Å²) in [5.74, 6) is 0.767. The molecule has 0 bridgehead atoms. The van der Waals surface area contributed by atoms with Gasteiger partial charge in [0.25, 0.3) is 0 Å². The highest BCUT2D eigenvalue weighted by Gasteiger charge is 2.19. The predicted molar refractivity (Wildman–Crippen MR) is 125 cm³/mol. The van der Waals surface area contributed by atoms with Crippen molar-refractivity contribution in [3.63, 3.8) is 0 Å². The van der Waals surface area contributed by atoms with E-state index in [4.69, 9.17) is 9.97 Å². The summed E-state index contributed by atoms with van der Waals surface area (Å²) in [7, 11) is 0. The highest BCUT2D eigenvalue weighted by atomic mass is 15.4. The van der Waals surface area contributed by atoms with Crippen molar-refractivity contribution in [1.29, 1.82) is 0 Å². The largest absolute Gasteiger partial charge is 0.341 e. The van der Waals surface area contributed by atoms with E-state index in [9.17, 15) is 0 Å². The second kappa shape index (κ2) is 8.86. The van der Waals surface area contributed by atoms with Crippen LogP contribution in [0.2, 0.25) is 0 Å². The van der Waals surface area contributed by atoms with Crippen LogP contribution in [0.3, 0.4) is 0 Å². The van der Waals surface area contributed by atoms with Crippen molar-refractivity contribution in [3.8, 4) is 22.6 Å². The Morgan fingerprint density at radius 1 is 0.844 bits per heavy atom. The molecule has 1 aliphatic heterocycles. The van der Waals surface area contributed by atoms with Crippen LogP contribution in [-0.4, -0.2) is 43.0 Å². The fourth-order valence-corrected chi connectivity index (χ4v) is 4.05. The molecule has 3 aromatic heterocycles. The van der Waals surface area contributed by atoms with E-state index in [2.05, 4.69) is 58.3 Å². The lowest BCUT2D eigenvalue weighted by atomic mass is 10.1. The smallest absolute Gasteiger partial charge is 0.226 e. The summed E-state index contributed by atoms with van der Waals surface area (Å²) in [4.78, 5) is 16.7. The van der Waals surface area contributed by atoms with Gasteiger partial charge in [0.05, 0.1) is 29.8 Å². The maximum atomic E-state index is 4.90. The minimum Gasteiger partial charge on any atom is -0.341 e. The van der Waals surface area contributed by atoms with Gasteiger partial charge in [0.2, 0.25) is 5.95 Å². The van der Waals surface area contributed by atoms with Crippen molar-refractivity contribution in [2.24, 2.45) is 0 Å². The quantitative estimate of drug-likeness (QED) is 0.458. The Morgan fingerprint density at radius 2 is 1.62 bits per heavy atom. The fraction of sp³-hybridized carbons (Fsp3) is 0.320. The summed E-state index contributed by atoms with van der Waals surface area (Å²) in [6.07, 6.45) is 5.20. The van der Waals surface area contributed by atoms with Gasteiger partial charge in [0.1, 0.15) is 5.69 Å². The average molecular weight is 426 g/mol. The molecule has 1 saturated heterocycles. The van der Waals surface area contributed by atoms with Crippen molar-refractivity contribution >= 4 is 5.95 Å². The Labute approximate surface area is 188 Å². The van der Waals surface area contributed by atoms with Gasteiger partial charge in [0.15, 0.2) is 0 Å². The molecular weight excluding hydrogens is 398 g/mol. The van der Waals surface area contributed by atoms with E-state index in [1.54, 1.807) is 0 Å². The number of hydrogen-bond donors (Lipinski definition) is 0. The van der Waals surface area contributed by atoms with Crippen LogP contribution in [-0.2, 0) is 13.0 Å². The molecule has 0 saturated carbocycles. The third kappa shape index (κ3) is 4.37. The lowest BCUT2D eigenvalue weighted by molar-refractivity contribution is 0.636. The highest BCUT2D eigenvalue weighted by molar-refractivity contribution is 5.68. The molecule has 0 spiro atoms. The number of pyridine rings is 1. The summed E-state index contributed by atoms with van der Waals surface area (Å²) >= 11 is 0. The maximum absolute atomic E-state index is 4.90. The molecule has 1 aliphatic rings. The summed E-state index contributed by atoms with van der Waals surface area (Å²) in [6, 6.07) is 16.5. The molecule has 4 heterocycles. The van der Waals surface area contributed by atoms with Gasteiger partial charge in [-0.05, 0) is 50.5 Å². The van der Waals surface area contributed by atoms with Gasteiger partial charge >= 0.3 is 0 Å². The first-order chi connectivity index (χ1) is 15.7. The van der Waals surface area contributed by atoms with Crippen molar-refractivity contribution in [2.75, 3.05) is 18.0 Å². The predicted octanol–water partition coefficient (Wildman–Crippen LogP) is 4.32. The van der Waals surface area contributed by atoms with Crippen LogP contribution in [0.15, 0.2) is 54.7 Å². The number of nitrogens with zero attached hydrogens (tertiary/aromatic N) is 7. The summed E-state index contributed by atoms with van der Waals surface area (Å²) in [5, 5.41) is 8.76. The Morgan fingerprint density at radius 3 is 2.44 bits per heavy atom. The molecule has 0 unspecified atom stereocenters. The zero-order valence-electron chi connectivity index (χ0n) is 18.6. The van der Waals surface area contributed by atoms with E-state index >= 15 is 0 Å². The summed E-state index contributed by atoms with van der Waals surface area (Å²) in [6.45, 7) is 6.76. The SMILES string of the molecule is CCc1cccc(Cn2cc(-c3cc(-c4cccc(C)c4)nc(N4CCCC4)n3)nn2)n1. The molecule has 4 aromatic rings. The number of rotatable bonds is 6. The van der Waals surface area contributed by atoms with E-state index in [1.807, 2.05) is 35.1 Å². The molecule has 1 aromatic carbocycles. The second-order valence-electron chi connectivity index (χ2n) is 8.28. The van der Waals surface area contributed by atoms with Crippen molar-refractivity contribution < 1.29 is 0 Å². The van der Waals surface area contributed by atoms with E-state index in [0.717, 1.165) is 59.5 Å². The normalized spacial score (nSPS) is 13.6. The number of aryl methyl sites for hydroxylation is 2. The van der Waals surface area contributed by atoms with Crippen LogP contribution in [0.25, 0.3) is 22.6 Å². The fourth-order valence-electron chi connectivity index (χ4n) is 4.05. The van der Waals surface area contributed by atoms with E-state index < -0.39 is 0 Å². The molecule has 7 nitrogen and oxygen atoms in total. The third-order valence-corrected chi connectivity index (χ3v) is 5.77.